The van der Waals surface area contributed by atoms with Gasteiger partial charge < -0.3 is 15.0 Å². The number of ether oxygens (including phenoxy) is 1. The monoisotopic (exact) mass is 384 g/mol. The Balaban J connectivity index is 1.33. The molecule has 1 aliphatic heterocycles. The molecular weight excluding hydrogens is 364 g/mol. The lowest BCUT2D eigenvalue weighted by Gasteiger charge is -2.21. The molecule has 0 spiro atoms. The molecule has 1 aliphatic rings. The Labute approximate surface area is 161 Å². The molecule has 0 aliphatic carbocycles. The summed E-state index contributed by atoms with van der Waals surface area (Å²) in [6.07, 6.45) is 3.15. The fourth-order valence-corrected chi connectivity index (χ4v) is 5.83. The SMILES string of the molecule is O=C(COc1ccc(C2SCCCS2)cc1)Nc1cccc2[nH]ccc12. The number of anilines is 1. The molecule has 0 radical (unpaired) electrons. The summed E-state index contributed by atoms with van der Waals surface area (Å²) >= 11 is 4.00. The van der Waals surface area contributed by atoms with Gasteiger partial charge in [0.05, 0.1) is 10.3 Å². The van der Waals surface area contributed by atoms with Crippen molar-refractivity contribution in [2.75, 3.05) is 23.4 Å². The van der Waals surface area contributed by atoms with Gasteiger partial charge in [-0.2, -0.15) is 0 Å². The fourth-order valence-electron chi connectivity index (χ4n) is 2.93. The molecule has 1 saturated heterocycles. The van der Waals surface area contributed by atoms with Gasteiger partial charge in [-0.05, 0) is 53.8 Å². The molecule has 0 unspecified atom stereocenters. The number of aromatic nitrogens is 1. The van der Waals surface area contributed by atoms with E-state index in [-0.39, 0.29) is 12.5 Å². The Kier molecular flexibility index (Phi) is 5.41. The zero-order valence-corrected chi connectivity index (χ0v) is 15.9. The van der Waals surface area contributed by atoms with Crippen LogP contribution in [-0.4, -0.2) is 29.0 Å². The first-order valence-corrected chi connectivity index (χ1v) is 10.7. The molecule has 1 fully saturated rings. The van der Waals surface area contributed by atoms with Crippen LogP contribution < -0.4 is 10.1 Å². The van der Waals surface area contributed by atoms with E-state index in [1.165, 1.54) is 23.5 Å². The molecule has 6 heteroatoms. The second-order valence-electron chi connectivity index (χ2n) is 6.08. The summed E-state index contributed by atoms with van der Waals surface area (Å²) in [5.41, 5.74) is 3.10. The summed E-state index contributed by atoms with van der Waals surface area (Å²) in [5, 5.41) is 3.91. The molecule has 2 aromatic carbocycles. The largest absolute Gasteiger partial charge is 0.484 e. The van der Waals surface area contributed by atoms with E-state index < -0.39 is 0 Å². The standard InChI is InChI=1S/C20H20N2O2S2/c23-19(22-18-4-1-3-17-16(18)9-10-21-17)13-24-15-7-5-14(6-8-15)20-25-11-2-12-26-20/h1,3-10,20-21H,2,11-13H2,(H,22,23). The summed E-state index contributed by atoms with van der Waals surface area (Å²) in [6.45, 7) is -0.00686. The molecule has 3 aromatic rings. The second-order valence-corrected chi connectivity index (χ2v) is 8.80. The number of H-pyrrole nitrogens is 1. The number of hydrogen-bond acceptors (Lipinski definition) is 4. The van der Waals surface area contributed by atoms with Crippen molar-refractivity contribution in [1.82, 2.24) is 4.98 Å². The number of nitrogens with one attached hydrogen (secondary N) is 2. The van der Waals surface area contributed by atoms with Crippen LogP contribution in [0.3, 0.4) is 0 Å². The highest BCUT2D eigenvalue weighted by molar-refractivity contribution is 8.16. The van der Waals surface area contributed by atoms with Crippen LogP contribution in [-0.2, 0) is 4.79 Å². The lowest BCUT2D eigenvalue weighted by Crippen LogP contribution is -2.20. The zero-order valence-electron chi connectivity index (χ0n) is 14.2. The van der Waals surface area contributed by atoms with E-state index in [1.54, 1.807) is 0 Å². The van der Waals surface area contributed by atoms with Crippen molar-refractivity contribution in [3.8, 4) is 5.75 Å². The first-order valence-electron chi connectivity index (χ1n) is 8.61. The summed E-state index contributed by atoms with van der Waals surface area (Å²) < 4.78 is 6.16. The summed E-state index contributed by atoms with van der Waals surface area (Å²) in [6, 6.07) is 15.8. The van der Waals surface area contributed by atoms with Gasteiger partial charge in [0, 0.05) is 17.1 Å². The third-order valence-electron chi connectivity index (χ3n) is 4.22. The van der Waals surface area contributed by atoms with Crippen molar-refractivity contribution in [3.05, 3.63) is 60.3 Å². The van der Waals surface area contributed by atoms with Crippen LogP contribution in [0.5, 0.6) is 5.75 Å². The van der Waals surface area contributed by atoms with Crippen LogP contribution in [0.1, 0.15) is 16.6 Å². The van der Waals surface area contributed by atoms with Gasteiger partial charge in [-0.25, -0.2) is 0 Å². The number of rotatable bonds is 5. The number of thioether (sulfide) groups is 2. The summed E-state index contributed by atoms with van der Waals surface area (Å²) in [5.74, 6) is 3.00. The highest BCUT2D eigenvalue weighted by Gasteiger charge is 2.16. The molecular formula is C20H20N2O2S2. The van der Waals surface area contributed by atoms with Crippen LogP contribution >= 0.6 is 23.5 Å². The molecule has 4 rings (SSSR count). The zero-order chi connectivity index (χ0) is 17.8. The van der Waals surface area contributed by atoms with Gasteiger partial charge in [0.25, 0.3) is 5.91 Å². The van der Waals surface area contributed by atoms with E-state index in [0.29, 0.717) is 4.58 Å². The van der Waals surface area contributed by atoms with Crippen molar-refractivity contribution in [1.29, 1.82) is 0 Å². The molecule has 1 aromatic heterocycles. The van der Waals surface area contributed by atoms with Crippen LogP contribution in [0.15, 0.2) is 54.7 Å². The molecule has 2 N–H and O–H groups in total. The van der Waals surface area contributed by atoms with Crippen molar-refractivity contribution < 1.29 is 9.53 Å². The van der Waals surface area contributed by atoms with Crippen molar-refractivity contribution in [3.63, 3.8) is 0 Å². The minimum Gasteiger partial charge on any atom is -0.484 e. The van der Waals surface area contributed by atoms with Gasteiger partial charge >= 0.3 is 0 Å². The fraction of sp³-hybridized carbons (Fsp3) is 0.250. The molecule has 26 heavy (non-hydrogen) atoms. The lowest BCUT2D eigenvalue weighted by molar-refractivity contribution is -0.118. The maximum atomic E-state index is 12.2. The van der Waals surface area contributed by atoms with Crippen LogP contribution in [0, 0.1) is 0 Å². The van der Waals surface area contributed by atoms with E-state index in [0.717, 1.165) is 22.3 Å². The Morgan fingerprint density at radius 1 is 1.12 bits per heavy atom. The highest BCUT2D eigenvalue weighted by Crippen LogP contribution is 2.43. The van der Waals surface area contributed by atoms with Gasteiger partial charge in [0.15, 0.2) is 6.61 Å². The van der Waals surface area contributed by atoms with E-state index in [1.807, 2.05) is 66.1 Å². The smallest absolute Gasteiger partial charge is 0.262 e. The van der Waals surface area contributed by atoms with Gasteiger partial charge in [0.2, 0.25) is 0 Å². The van der Waals surface area contributed by atoms with E-state index in [2.05, 4.69) is 22.4 Å². The van der Waals surface area contributed by atoms with Crippen LogP contribution in [0.25, 0.3) is 10.9 Å². The van der Waals surface area contributed by atoms with E-state index in [9.17, 15) is 4.79 Å². The minimum absolute atomic E-state index is 0.00686. The Morgan fingerprint density at radius 2 is 1.92 bits per heavy atom. The number of benzene rings is 2. The molecule has 0 atom stereocenters. The third-order valence-corrected chi connectivity index (χ3v) is 7.23. The average molecular weight is 385 g/mol. The normalized spacial score (nSPS) is 15.1. The highest BCUT2D eigenvalue weighted by atomic mass is 32.2. The first kappa shape index (κ1) is 17.4. The molecule has 0 saturated carbocycles. The number of fused-ring (bicyclic) bond motifs is 1. The Morgan fingerprint density at radius 3 is 2.73 bits per heavy atom. The van der Waals surface area contributed by atoms with E-state index >= 15 is 0 Å². The summed E-state index contributed by atoms with van der Waals surface area (Å²) in [4.78, 5) is 15.3. The number of amides is 1. The average Bonchev–Trinajstić information content (AvgIpc) is 3.17. The molecule has 1 amide bonds. The van der Waals surface area contributed by atoms with Gasteiger partial charge in [0.1, 0.15) is 5.75 Å². The maximum Gasteiger partial charge on any atom is 0.262 e. The van der Waals surface area contributed by atoms with Crippen molar-refractivity contribution >= 4 is 46.0 Å². The first-order chi connectivity index (χ1) is 12.8. The quantitative estimate of drug-likeness (QED) is 0.646. The Hall–Kier alpha value is -2.05. The predicted molar refractivity (Wildman–Crippen MR) is 111 cm³/mol. The maximum absolute atomic E-state index is 12.2. The van der Waals surface area contributed by atoms with Gasteiger partial charge in [-0.15, -0.1) is 23.5 Å². The number of carbonyl (C=O) groups excluding carboxylic acids is 1. The van der Waals surface area contributed by atoms with E-state index in [4.69, 9.17) is 4.74 Å². The van der Waals surface area contributed by atoms with Gasteiger partial charge in [-0.1, -0.05) is 18.2 Å². The lowest BCUT2D eigenvalue weighted by atomic mass is 10.2. The second kappa shape index (κ2) is 8.10. The summed E-state index contributed by atoms with van der Waals surface area (Å²) in [7, 11) is 0. The number of aromatic amines is 1. The molecule has 4 nitrogen and oxygen atoms in total. The van der Waals surface area contributed by atoms with Gasteiger partial charge in [-0.3, -0.25) is 4.79 Å². The Bertz CT molecular complexity index is 886. The number of hydrogen-bond donors (Lipinski definition) is 2. The number of carbonyl (C=O) groups is 1. The third kappa shape index (κ3) is 4.02. The molecule has 134 valence electrons. The predicted octanol–water partition coefficient (Wildman–Crippen LogP) is 5.05. The molecule has 2 heterocycles. The van der Waals surface area contributed by atoms with Crippen LogP contribution in [0.2, 0.25) is 0 Å². The minimum atomic E-state index is -0.166. The van der Waals surface area contributed by atoms with Crippen molar-refractivity contribution in [2.45, 2.75) is 11.0 Å². The molecule has 0 bridgehead atoms. The topological polar surface area (TPSA) is 54.1 Å². The van der Waals surface area contributed by atoms with Crippen LogP contribution in [0.4, 0.5) is 5.69 Å². The van der Waals surface area contributed by atoms with Crippen molar-refractivity contribution in [2.24, 2.45) is 0 Å².